The zero-order chi connectivity index (χ0) is 12.0. The van der Waals surface area contributed by atoms with E-state index in [1.165, 1.54) is 11.5 Å². The van der Waals surface area contributed by atoms with Crippen molar-refractivity contribution in [2.24, 2.45) is 0 Å². The third-order valence-corrected chi connectivity index (χ3v) is 2.57. The van der Waals surface area contributed by atoms with Crippen LogP contribution >= 0.6 is 11.5 Å². The van der Waals surface area contributed by atoms with E-state index in [2.05, 4.69) is 14.7 Å². The second-order valence-corrected chi connectivity index (χ2v) is 4.17. The van der Waals surface area contributed by atoms with E-state index in [9.17, 15) is 4.79 Å². The van der Waals surface area contributed by atoms with Gasteiger partial charge in [-0.2, -0.15) is 4.37 Å². The minimum Gasteiger partial charge on any atom is -0.377 e. The van der Waals surface area contributed by atoms with Crippen molar-refractivity contribution < 1.29 is 9.53 Å². The van der Waals surface area contributed by atoms with Crippen LogP contribution in [0, 0.1) is 0 Å². The first kappa shape index (κ1) is 12.9. The summed E-state index contributed by atoms with van der Waals surface area (Å²) in [7, 11) is 5.08. The van der Waals surface area contributed by atoms with Crippen LogP contribution in [0.5, 0.6) is 0 Å². The molecule has 1 heterocycles. The number of nitrogens with one attached hydrogen (secondary N) is 1. The quantitative estimate of drug-likeness (QED) is 0.792. The van der Waals surface area contributed by atoms with Gasteiger partial charge in [-0.3, -0.25) is 4.79 Å². The molecule has 0 fully saturated rings. The standard InChI is InChI=1S/C9H16N4O2S/c1-13(2)8(14)4-5-10-9-11-7(6-15-3)12-16-9/h4-6H2,1-3H3,(H,10,11,12). The highest BCUT2D eigenvalue weighted by Crippen LogP contribution is 2.11. The number of hydrogen-bond donors (Lipinski definition) is 1. The average molecular weight is 244 g/mol. The van der Waals surface area contributed by atoms with E-state index in [0.29, 0.717) is 25.4 Å². The summed E-state index contributed by atoms with van der Waals surface area (Å²) < 4.78 is 8.99. The molecule has 0 bridgehead atoms. The van der Waals surface area contributed by atoms with Crippen LogP contribution in [0.1, 0.15) is 12.2 Å². The lowest BCUT2D eigenvalue weighted by atomic mass is 10.4. The van der Waals surface area contributed by atoms with Crippen LogP contribution in [0.25, 0.3) is 0 Å². The number of rotatable bonds is 6. The second-order valence-electron chi connectivity index (χ2n) is 3.41. The van der Waals surface area contributed by atoms with E-state index in [-0.39, 0.29) is 5.91 Å². The highest BCUT2D eigenvalue weighted by atomic mass is 32.1. The maximum absolute atomic E-state index is 11.3. The van der Waals surface area contributed by atoms with Gasteiger partial charge in [0, 0.05) is 45.7 Å². The van der Waals surface area contributed by atoms with Crippen molar-refractivity contribution in [1.82, 2.24) is 14.3 Å². The molecule has 0 unspecified atom stereocenters. The smallest absolute Gasteiger partial charge is 0.223 e. The summed E-state index contributed by atoms with van der Waals surface area (Å²) in [5, 5.41) is 3.77. The van der Waals surface area contributed by atoms with Gasteiger partial charge < -0.3 is 15.0 Å². The first-order valence-electron chi connectivity index (χ1n) is 4.89. The number of aromatic nitrogens is 2. The van der Waals surface area contributed by atoms with Crippen molar-refractivity contribution in [2.75, 3.05) is 33.1 Å². The molecule has 7 heteroatoms. The molecule has 0 aliphatic carbocycles. The molecule has 1 aromatic rings. The fraction of sp³-hybridized carbons (Fsp3) is 0.667. The van der Waals surface area contributed by atoms with Gasteiger partial charge in [0.05, 0.1) is 0 Å². The van der Waals surface area contributed by atoms with Gasteiger partial charge in [0.1, 0.15) is 6.61 Å². The molecule has 90 valence electrons. The molecule has 0 saturated heterocycles. The van der Waals surface area contributed by atoms with Crippen LogP contribution in [0.4, 0.5) is 5.13 Å². The number of hydrogen-bond acceptors (Lipinski definition) is 6. The Morgan fingerprint density at radius 3 is 2.94 bits per heavy atom. The minimum absolute atomic E-state index is 0.0918. The summed E-state index contributed by atoms with van der Waals surface area (Å²) in [6.07, 6.45) is 0.451. The number of amides is 1. The van der Waals surface area contributed by atoms with Gasteiger partial charge >= 0.3 is 0 Å². The number of methoxy groups -OCH3 is 1. The Labute approximate surface area is 98.8 Å². The van der Waals surface area contributed by atoms with Gasteiger partial charge in [-0.25, -0.2) is 4.98 Å². The predicted molar refractivity (Wildman–Crippen MR) is 62.4 cm³/mol. The van der Waals surface area contributed by atoms with Crippen molar-refractivity contribution in [3.63, 3.8) is 0 Å². The van der Waals surface area contributed by atoms with E-state index in [0.717, 1.165) is 5.13 Å². The van der Waals surface area contributed by atoms with Crippen LogP contribution in [-0.4, -0.2) is 47.9 Å². The molecule has 0 aliphatic rings. The summed E-state index contributed by atoms with van der Waals surface area (Å²) in [5.41, 5.74) is 0. The number of ether oxygens (including phenoxy) is 1. The third-order valence-electron chi connectivity index (χ3n) is 1.86. The van der Waals surface area contributed by atoms with Gasteiger partial charge in [0.15, 0.2) is 5.82 Å². The zero-order valence-electron chi connectivity index (χ0n) is 9.69. The minimum atomic E-state index is 0.0918. The molecule has 0 saturated carbocycles. The van der Waals surface area contributed by atoms with Gasteiger partial charge in [-0.15, -0.1) is 0 Å². The van der Waals surface area contributed by atoms with Crippen molar-refractivity contribution in [3.05, 3.63) is 5.82 Å². The lowest BCUT2D eigenvalue weighted by molar-refractivity contribution is -0.128. The molecule has 6 nitrogen and oxygen atoms in total. The Balaban J connectivity index is 2.29. The topological polar surface area (TPSA) is 67.3 Å². The van der Waals surface area contributed by atoms with Gasteiger partial charge in [-0.1, -0.05) is 0 Å². The van der Waals surface area contributed by atoms with Crippen molar-refractivity contribution in [1.29, 1.82) is 0 Å². The largest absolute Gasteiger partial charge is 0.377 e. The lowest BCUT2D eigenvalue weighted by Gasteiger charge is -2.09. The van der Waals surface area contributed by atoms with Crippen LogP contribution in [0.15, 0.2) is 0 Å². The molecule has 16 heavy (non-hydrogen) atoms. The summed E-state index contributed by atoms with van der Waals surface area (Å²) in [5.74, 6) is 0.753. The maximum Gasteiger partial charge on any atom is 0.223 e. The van der Waals surface area contributed by atoms with Gasteiger partial charge in [0.25, 0.3) is 0 Å². The zero-order valence-corrected chi connectivity index (χ0v) is 10.5. The summed E-state index contributed by atoms with van der Waals surface area (Å²) in [6, 6.07) is 0. The lowest BCUT2D eigenvalue weighted by Crippen LogP contribution is -2.23. The van der Waals surface area contributed by atoms with Crippen LogP contribution in [-0.2, 0) is 16.1 Å². The fourth-order valence-electron chi connectivity index (χ4n) is 1.01. The first-order valence-corrected chi connectivity index (χ1v) is 5.66. The number of carbonyl (C=O) groups excluding carboxylic acids is 1. The Bertz CT molecular complexity index is 340. The number of nitrogens with zero attached hydrogens (tertiary/aromatic N) is 3. The number of anilines is 1. The van der Waals surface area contributed by atoms with Gasteiger partial charge in [-0.05, 0) is 0 Å². The molecule has 0 spiro atoms. The van der Waals surface area contributed by atoms with Gasteiger partial charge in [0.2, 0.25) is 11.0 Å². The average Bonchev–Trinajstić information content (AvgIpc) is 2.66. The molecule has 1 aromatic heterocycles. The second kappa shape index (κ2) is 6.39. The molecule has 0 radical (unpaired) electrons. The molecule has 0 aromatic carbocycles. The van der Waals surface area contributed by atoms with E-state index in [4.69, 9.17) is 4.74 Å². The van der Waals surface area contributed by atoms with Crippen molar-refractivity contribution >= 4 is 22.6 Å². The first-order chi connectivity index (χ1) is 7.63. The van der Waals surface area contributed by atoms with Crippen molar-refractivity contribution in [3.8, 4) is 0 Å². The Kier molecular flexibility index (Phi) is 5.13. The maximum atomic E-state index is 11.3. The highest BCUT2D eigenvalue weighted by Gasteiger charge is 2.05. The van der Waals surface area contributed by atoms with E-state index in [1.807, 2.05) is 0 Å². The van der Waals surface area contributed by atoms with Crippen LogP contribution in [0.3, 0.4) is 0 Å². The van der Waals surface area contributed by atoms with Crippen molar-refractivity contribution in [2.45, 2.75) is 13.0 Å². The Morgan fingerprint density at radius 1 is 1.56 bits per heavy atom. The Morgan fingerprint density at radius 2 is 2.31 bits per heavy atom. The predicted octanol–water partition coefficient (Wildman–Crippen LogP) is 0.575. The summed E-state index contributed by atoms with van der Waals surface area (Å²) in [6.45, 7) is 0.980. The molecular weight excluding hydrogens is 228 g/mol. The molecule has 1 N–H and O–H groups in total. The fourth-order valence-corrected chi connectivity index (χ4v) is 1.61. The normalized spacial score (nSPS) is 10.2. The van der Waals surface area contributed by atoms with Crippen LogP contribution in [0.2, 0.25) is 0 Å². The molecular formula is C9H16N4O2S. The molecule has 0 aliphatic heterocycles. The molecule has 0 atom stereocenters. The molecule has 1 amide bonds. The summed E-state index contributed by atoms with van der Waals surface area (Å²) in [4.78, 5) is 17.0. The Hall–Kier alpha value is -1.21. The SMILES string of the molecule is COCc1nsc(NCCC(=O)N(C)C)n1. The highest BCUT2D eigenvalue weighted by molar-refractivity contribution is 7.09. The van der Waals surface area contributed by atoms with E-state index >= 15 is 0 Å². The van der Waals surface area contributed by atoms with E-state index in [1.54, 1.807) is 26.1 Å². The molecule has 1 rings (SSSR count). The summed E-state index contributed by atoms with van der Waals surface area (Å²) >= 11 is 1.27. The number of carbonyl (C=O) groups is 1. The van der Waals surface area contributed by atoms with E-state index < -0.39 is 0 Å². The monoisotopic (exact) mass is 244 g/mol. The third kappa shape index (κ3) is 4.11. The van der Waals surface area contributed by atoms with Crippen LogP contribution < -0.4 is 5.32 Å².